The molecule has 0 saturated heterocycles. The maximum atomic E-state index is 12.9. The molecule has 116 valence electrons. The zero-order valence-electron chi connectivity index (χ0n) is 12.5. The van der Waals surface area contributed by atoms with E-state index in [9.17, 15) is 9.18 Å². The second-order valence-corrected chi connectivity index (χ2v) is 5.86. The average Bonchev–Trinajstić information content (AvgIpc) is 3.34. The summed E-state index contributed by atoms with van der Waals surface area (Å²) in [5.74, 6) is 0.940. The lowest BCUT2D eigenvalue weighted by Gasteiger charge is -2.04. The highest BCUT2D eigenvalue weighted by molar-refractivity contribution is 5.99. The minimum Gasteiger partial charge on any atom is -0.347 e. The summed E-state index contributed by atoms with van der Waals surface area (Å²) in [6, 6.07) is 11.9. The monoisotopic (exact) mass is 309 g/mol. The molecule has 1 saturated carbocycles. The molecule has 1 fully saturated rings. The number of aromatic nitrogens is 2. The predicted octanol–water partition coefficient (Wildman–Crippen LogP) is 3.28. The van der Waals surface area contributed by atoms with Crippen molar-refractivity contribution in [3.63, 3.8) is 0 Å². The highest BCUT2D eigenvalue weighted by atomic mass is 19.1. The van der Waals surface area contributed by atoms with Crippen LogP contribution in [0.4, 0.5) is 4.39 Å². The van der Waals surface area contributed by atoms with E-state index in [0.29, 0.717) is 18.2 Å². The van der Waals surface area contributed by atoms with Crippen LogP contribution >= 0.6 is 0 Å². The molecule has 2 aromatic heterocycles. The first-order valence-corrected chi connectivity index (χ1v) is 7.72. The molecule has 5 heteroatoms. The van der Waals surface area contributed by atoms with E-state index in [1.54, 1.807) is 12.1 Å². The third kappa shape index (κ3) is 2.70. The highest BCUT2D eigenvalue weighted by Gasteiger charge is 2.30. The van der Waals surface area contributed by atoms with Gasteiger partial charge in [0.25, 0.3) is 5.91 Å². The zero-order chi connectivity index (χ0) is 15.8. The fourth-order valence-corrected chi connectivity index (χ4v) is 2.73. The molecule has 0 unspecified atom stereocenters. The van der Waals surface area contributed by atoms with Crippen molar-refractivity contribution < 1.29 is 9.18 Å². The van der Waals surface area contributed by atoms with Gasteiger partial charge in [-0.05, 0) is 42.7 Å². The lowest BCUT2D eigenvalue weighted by molar-refractivity contribution is 0.0948. The average molecular weight is 309 g/mol. The van der Waals surface area contributed by atoms with E-state index >= 15 is 0 Å². The minimum absolute atomic E-state index is 0.204. The smallest absolute Gasteiger partial charge is 0.272 e. The van der Waals surface area contributed by atoms with Gasteiger partial charge in [-0.25, -0.2) is 9.37 Å². The van der Waals surface area contributed by atoms with Crippen LogP contribution in [-0.4, -0.2) is 15.3 Å². The number of hydrogen-bond acceptors (Lipinski definition) is 2. The van der Waals surface area contributed by atoms with Crippen LogP contribution in [0.5, 0.6) is 0 Å². The van der Waals surface area contributed by atoms with Crippen LogP contribution in [0.2, 0.25) is 0 Å². The van der Waals surface area contributed by atoms with Crippen LogP contribution in [-0.2, 0) is 6.54 Å². The highest BCUT2D eigenvalue weighted by Crippen LogP contribution is 2.39. The Labute approximate surface area is 133 Å². The molecule has 0 bridgehead atoms. The largest absolute Gasteiger partial charge is 0.347 e. The summed E-state index contributed by atoms with van der Waals surface area (Å²) in [5.41, 5.74) is 2.13. The molecule has 1 N–H and O–H groups in total. The second-order valence-electron chi connectivity index (χ2n) is 5.86. The van der Waals surface area contributed by atoms with E-state index in [-0.39, 0.29) is 11.7 Å². The van der Waals surface area contributed by atoms with Crippen LogP contribution < -0.4 is 5.32 Å². The molecule has 2 heterocycles. The van der Waals surface area contributed by atoms with Gasteiger partial charge in [0.05, 0.1) is 5.52 Å². The van der Waals surface area contributed by atoms with Gasteiger partial charge in [-0.3, -0.25) is 4.79 Å². The first-order chi connectivity index (χ1) is 11.2. The number of rotatable bonds is 4. The maximum Gasteiger partial charge on any atom is 0.272 e. The normalized spacial score (nSPS) is 14.1. The topological polar surface area (TPSA) is 46.4 Å². The molecule has 0 aliphatic heterocycles. The molecule has 0 spiro atoms. The van der Waals surface area contributed by atoms with Crippen LogP contribution in [0, 0.1) is 5.82 Å². The quantitative estimate of drug-likeness (QED) is 0.804. The van der Waals surface area contributed by atoms with Crippen molar-refractivity contribution >= 4 is 11.4 Å². The Morgan fingerprint density at radius 2 is 2.00 bits per heavy atom. The molecule has 1 amide bonds. The SMILES string of the molecule is O=C(NCc1ccc(F)cc1)c1nc(C2CC2)n2ccccc12. The number of halogens is 1. The number of imidazole rings is 1. The zero-order valence-corrected chi connectivity index (χ0v) is 12.5. The number of benzene rings is 1. The van der Waals surface area contributed by atoms with Crippen molar-refractivity contribution in [3.8, 4) is 0 Å². The van der Waals surface area contributed by atoms with E-state index in [1.807, 2.05) is 28.8 Å². The van der Waals surface area contributed by atoms with Gasteiger partial charge >= 0.3 is 0 Å². The lowest BCUT2D eigenvalue weighted by Crippen LogP contribution is -2.23. The summed E-state index contributed by atoms with van der Waals surface area (Å²) < 4.78 is 14.9. The van der Waals surface area contributed by atoms with Crippen LogP contribution in [0.25, 0.3) is 5.52 Å². The summed E-state index contributed by atoms with van der Waals surface area (Å²) in [7, 11) is 0. The third-order valence-corrected chi connectivity index (χ3v) is 4.10. The molecule has 1 aliphatic rings. The number of carbonyl (C=O) groups excluding carboxylic acids is 1. The van der Waals surface area contributed by atoms with Gasteiger partial charge in [0.15, 0.2) is 5.69 Å². The van der Waals surface area contributed by atoms with Crippen LogP contribution in [0.1, 0.15) is 40.6 Å². The number of carbonyl (C=O) groups is 1. The van der Waals surface area contributed by atoms with Crippen molar-refractivity contribution in [3.05, 3.63) is 71.6 Å². The lowest BCUT2D eigenvalue weighted by atomic mass is 10.2. The number of fused-ring (bicyclic) bond motifs is 1. The van der Waals surface area contributed by atoms with Crippen LogP contribution in [0.15, 0.2) is 48.7 Å². The standard InChI is InChI=1S/C18H16FN3O/c19-14-8-4-12(5-9-14)11-20-18(23)16-15-3-1-2-10-22(15)17(21-16)13-6-7-13/h1-5,8-10,13H,6-7,11H2,(H,20,23). The Morgan fingerprint density at radius 3 is 2.74 bits per heavy atom. The molecule has 1 aliphatic carbocycles. The van der Waals surface area contributed by atoms with E-state index in [2.05, 4.69) is 10.3 Å². The van der Waals surface area contributed by atoms with Gasteiger partial charge in [-0.15, -0.1) is 0 Å². The number of nitrogens with one attached hydrogen (secondary N) is 1. The van der Waals surface area contributed by atoms with Gasteiger partial charge in [0, 0.05) is 18.7 Å². The molecule has 0 radical (unpaired) electrons. The van der Waals surface area contributed by atoms with E-state index < -0.39 is 0 Å². The number of pyridine rings is 1. The first-order valence-electron chi connectivity index (χ1n) is 7.72. The molecular formula is C18H16FN3O. The fourth-order valence-electron chi connectivity index (χ4n) is 2.73. The molecule has 1 aromatic carbocycles. The van der Waals surface area contributed by atoms with Crippen LogP contribution in [0.3, 0.4) is 0 Å². The summed E-state index contributed by atoms with van der Waals surface area (Å²) in [5, 5.41) is 2.86. The second kappa shape index (κ2) is 5.50. The number of nitrogens with zero attached hydrogens (tertiary/aromatic N) is 2. The Morgan fingerprint density at radius 1 is 1.22 bits per heavy atom. The van der Waals surface area contributed by atoms with Gasteiger partial charge in [0.1, 0.15) is 11.6 Å². The van der Waals surface area contributed by atoms with E-state index in [0.717, 1.165) is 29.7 Å². The van der Waals surface area contributed by atoms with Gasteiger partial charge in [-0.2, -0.15) is 0 Å². The first kappa shape index (κ1) is 13.9. The van der Waals surface area contributed by atoms with Crippen molar-refractivity contribution in [1.82, 2.24) is 14.7 Å². The summed E-state index contributed by atoms with van der Waals surface area (Å²) in [6.45, 7) is 0.351. The fraction of sp³-hybridized carbons (Fsp3) is 0.222. The summed E-state index contributed by atoms with van der Waals surface area (Å²) >= 11 is 0. The molecule has 0 atom stereocenters. The van der Waals surface area contributed by atoms with Crippen molar-refractivity contribution in [2.24, 2.45) is 0 Å². The van der Waals surface area contributed by atoms with Crippen molar-refractivity contribution in [2.75, 3.05) is 0 Å². The van der Waals surface area contributed by atoms with E-state index in [4.69, 9.17) is 0 Å². The van der Waals surface area contributed by atoms with Gasteiger partial charge < -0.3 is 9.72 Å². The molecule has 4 nitrogen and oxygen atoms in total. The maximum absolute atomic E-state index is 12.9. The summed E-state index contributed by atoms with van der Waals surface area (Å²) in [6.07, 6.45) is 4.21. The number of hydrogen-bond donors (Lipinski definition) is 1. The molecule has 4 rings (SSSR count). The van der Waals surface area contributed by atoms with Gasteiger partial charge in [0.2, 0.25) is 0 Å². The number of amides is 1. The molecular weight excluding hydrogens is 293 g/mol. The molecule has 23 heavy (non-hydrogen) atoms. The van der Waals surface area contributed by atoms with E-state index in [1.165, 1.54) is 12.1 Å². The Hall–Kier alpha value is -2.69. The van der Waals surface area contributed by atoms with Crippen molar-refractivity contribution in [1.29, 1.82) is 0 Å². The Balaban J connectivity index is 1.58. The molecule has 3 aromatic rings. The van der Waals surface area contributed by atoms with Gasteiger partial charge in [-0.1, -0.05) is 18.2 Å². The minimum atomic E-state index is -0.283. The Kier molecular flexibility index (Phi) is 3.33. The third-order valence-electron chi connectivity index (χ3n) is 4.10. The summed E-state index contributed by atoms with van der Waals surface area (Å²) in [4.78, 5) is 17.1. The van der Waals surface area contributed by atoms with Crippen molar-refractivity contribution in [2.45, 2.75) is 25.3 Å². The Bertz CT molecular complexity index is 866. The predicted molar refractivity (Wildman–Crippen MR) is 84.7 cm³/mol.